The first-order valence-electron chi connectivity index (χ1n) is 6.42. The van der Waals surface area contributed by atoms with E-state index in [2.05, 4.69) is 0 Å². The summed E-state index contributed by atoms with van der Waals surface area (Å²) in [6, 6.07) is 0. The Kier molecular flexibility index (Phi) is 51.5. The zero-order valence-corrected chi connectivity index (χ0v) is 13.3. The average Bonchev–Trinajstić information content (AvgIpc) is 2.39. The molecule has 0 aromatic carbocycles. The lowest BCUT2D eigenvalue weighted by Crippen LogP contribution is -2.08. The van der Waals surface area contributed by atoms with E-state index in [0.29, 0.717) is 19.3 Å². The van der Waals surface area contributed by atoms with Crippen LogP contribution in [0.2, 0.25) is 0 Å². The van der Waals surface area contributed by atoms with Gasteiger partial charge in [-0.2, -0.15) is 9.59 Å². The van der Waals surface area contributed by atoms with Gasteiger partial charge in [-0.3, -0.25) is 19.2 Å². The minimum Gasteiger partial charge on any atom is -0.483 e. The van der Waals surface area contributed by atoms with Crippen LogP contribution < -0.4 is 0 Å². The molecule has 8 heteroatoms. The van der Waals surface area contributed by atoms with Gasteiger partial charge in [0, 0.05) is 12.8 Å². The highest BCUT2D eigenvalue weighted by Crippen LogP contribution is 1.95. The van der Waals surface area contributed by atoms with E-state index in [1.807, 2.05) is 6.92 Å². The van der Waals surface area contributed by atoms with Crippen LogP contribution in [0.25, 0.3) is 0 Å². The minimum absolute atomic E-state index is 0. The van der Waals surface area contributed by atoms with Gasteiger partial charge in [-0.15, -0.1) is 0 Å². The molecule has 0 spiro atoms. The van der Waals surface area contributed by atoms with Crippen LogP contribution >= 0.6 is 0 Å². The standard InChI is InChI=1S/C6H12O2.C6H10O2.CH2O2.CO2.2CH4/c2*1-3-6(8)4-5(2)7;2*2-1-3;;/h6,8H,3-4H2,1-2H3;3-4H2,1-2H3;1H,(H,2,3);;2*1H4. The van der Waals surface area contributed by atoms with Gasteiger partial charge in [0.1, 0.15) is 17.3 Å². The first-order valence-corrected chi connectivity index (χ1v) is 6.42. The molecule has 144 valence electrons. The summed E-state index contributed by atoms with van der Waals surface area (Å²) in [5.74, 6) is 0.0358. The zero-order chi connectivity index (χ0) is 18.6. The number of aliphatic hydroxyl groups is 1. The number of carboxylic acid groups (broad SMARTS) is 1. The van der Waals surface area contributed by atoms with Crippen molar-refractivity contribution in [1.29, 1.82) is 0 Å². The van der Waals surface area contributed by atoms with E-state index in [1.54, 1.807) is 6.92 Å². The van der Waals surface area contributed by atoms with E-state index in [4.69, 9.17) is 24.6 Å². The Morgan fingerprint density at radius 1 is 1.04 bits per heavy atom. The molecule has 1 unspecified atom stereocenters. The number of rotatable bonds is 6. The second-order valence-corrected chi connectivity index (χ2v) is 3.93. The molecular weight excluding hydrogens is 320 g/mol. The highest BCUT2D eigenvalue weighted by Gasteiger charge is 2.02. The molecule has 0 rings (SSSR count). The molecule has 8 nitrogen and oxygen atoms in total. The second kappa shape index (κ2) is 32.7. The number of carbonyl (C=O) groups excluding carboxylic acids is 5. The van der Waals surface area contributed by atoms with Crippen molar-refractivity contribution in [2.75, 3.05) is 0 Å². The fourth-order valence-electron chi connectivity index (χ4n) is 0.879. The minimum atomic E-state index is -0.424. The van der Waals surface area contributed by atoms with Crippen molar-refractivity contribution in [2.24, 2.45) is 0 Å². The lowest BCUT2D eigenvalue weighted by atomic mass is 10.1. The predicted molar refractivity (Wildman–Crippen MR) is 89.4 cm³/mol. The molecule has 2 N–H and O–H groups in total. The van der Waals surface area contributed by atoms with Crippen molar-refractivity contribution in [3.8, 4) is 0 Å². The molecule has 0 aliphatic heterocycles. The first-order chi connectivity index (χ1) is 10.2. The van der Waals surface area contributed by atoms with Crippen molar-refractivity contribution >= 4 is 30.0 Å². The number of hydrogen-bond acceptors (Lipinski definition) is 7. The van der Waals surface area contributed by atoms with Crippen molar-refractivity contribution in [3.63, 3.8) is 0 Å². The number of Topliss-reactive ketones (excluding diaryl/α,β-unsaturated/α-hetero) is 3. The molecule has 0 bridgehead atoms. The smallest absolute Gasteiger partial charge is 0.373 e. The van der Waals surface area contributed by atoms with Crippen LogP contribution in [0.4, 0.5) is 0 Å². The molecule has 1 atom stereocenters. The van der Waals surface area contributed by atoms with E-state index < -0.39 is 6.10 Å². The Morgan fingerprint density at radius 2 is 1.38 bits per heavy atom. The largest absolute Gasteiger partial charge is 0.483 e. The van der Waals surface area contributed by atoms with Gasteiger partial charge in [0.05, 0.1) is 12.5 Å². The van der Waals surface area contributed by atoms with Crippen LogP contribution in [0.3, 0.4) is 0 Å². The number of aliphatic hydroxyl groups excluding tert-OH is 1. The van der Waals surface area contributed by atoms with Crippen LogP contribution in [0.1, 0.15) is 68.2 Å². The van der Waals surface area contributed by atoms with Crippen molar-refractivity contribution in [2.45, 2.75) is 74.3 Å². The van der Waals surface area contributed by atoms with Gasteiger partial charge in [0.25, 0.3) is 6.47 Å². The fourth-order valence-corrected chi connectivity index (χ4v) is 0.879. The highest BCUT2D eigenvalue weighted by atomic mass is 16.3. The summed E-state index contributed by atoms with van der Waals surface area (Å²) >= 11 is 0. The Morgan fingerprint density at radius 3 is 1.46 bits per heavy atom. The SMILES string of the molecule is C.C.CCC(=O)CC(C)=O.CCC(O)CC(C)=O.O=C=O.O=CO. The maximum absolute atomic E-state index is 10.4. The van der Waals surface area contributed by atoms with Gasteiger partial charge < -0.3 is 10.2 Å². The molecule has 0 heterocycles. The van der Waals surface area contributed by atoms with E-state index in [1.165, 1.54) is 13.8 Å². The maximum atomic E-state index is 10.4. The maximum Gasteiger partial charge on any atom is 0.373 e. The van der Waals surface area contributed by atoms with Crippen molar-refractivity contribution in [1.82, 2.24) is 0 Å². The average molecular weight is 352 g/mol. The molecule has 0 aromatic rings. The lowest BCUT2D eigenvalue weighted by Gasteiger charge is -2.01. The Hall–Kier alpha value is -2.18. The number of hydrogen-bond donors (Lipinski definition) is 2. The van der Waals surface area contributed by atoms with Crippen LogP contribution in [0, 0.1) is 0 Å². The monoisotopic (exact) mass is 352 g/mol. The van der Waals surface area contributed by atoms with Crippen LogP contribution in [-0.2, 0) is 28.8 Å². The molecule has 24 heavy (non-hydrogen) atoms. The van der Waals surface area contributed by atoms with Crippen molar-refractivity contribution in [3.05, 3.63) is 0 Å². The van der Waals surface area contributed by atoms with Gasteiger partial charge in [-0.1, -0.05) is 28.7 Å². The van der Waals surface area contributed by atoms with E-state index >= 15 is 0 Å². The third-order valence-corrected chi connectivity index (χ3v) is 1.83. The summed E-state index contributed by atoms with van der Waals surface area (Å²) in [6.07, 6.45) is 1.37. The van der Waals surface area contributed by atoms with Gasteiger partial charge in [-0.05, 0) is 20.3 Å². The second-order valence-electron chi connectivity index (χ2n) is 3.93. The summed E-state index contributed by atoms with van der Waals surface area (Å²) in [6.45, 7) is 6.27. The van der Waals surface area contributed by atoms with Crippen LogP contribution in [0.5, 0.6) is 0 Å². The van der Waals surface area contributed by atoms with E-state index in [0.717, 1.165) is 0 Å². The number of ketones is 3. The summed E-state index contributed by atoms with van der Waals surface area (Å²) in [7, 11) is 0. The Balaban J connectivity index is -0.0000000479. The first kappa shape index (κ1) is 37.8. The molecule has 0 radical (unpaired) electrons. The number of carbonyl (C=O) groups is 4. The summed E-state index contributed by atoms with van der Waals surface area (Å²) in [4.78, 5) is 55.5. The highest BCUT2D eigenvalue weighted by molar-refractivity contribution is 5.97. The van der Waals surface area contributed by atoms with E-state index in [9.17, 15) is 14.4 Å². The molecule has 0 fully saturated rings. The molecule has 0 amide bonds. The van der Waals surface area contributed by atoms with Gasteiger partial charge in [-0.25, -0.2) is 0 Å². The van der Waals surface area contributed by atoms with Gasteiger partial charge in [0.15, 0.2) is 0 Å². The molecule has 0 aliphatic rings. The lowest BCUT2D eigenvalue weighted by molar-refractivity contribution is -0.191. The predicted octanol–water partition coefficient (Wildman–Crippen LogP) is 2.07. The van der Waals surface area contributed by atoms with Gasteiger partial charge in [0.2, 0.25) is 0 Å². The van der Waals surface area contributed by atoms with Crippen LogP contribution in [0.15, 0.2) is 0 Å². The molecular formula is C16H32O8. The summed E-state index contributed by atoms with van der Waals surface area (Å²) < 4.78 is 0. The molecule has 0 saturated carbocycles. The van der Waals surface area contributed by atoms with E-state index in [-0.39, 0.29) is 51.2 Å². The molecule has 0 aliphatic carbocycles. The van der Waals surface area contributed by atoms with Crippen LogP contribution in [-0.4, -0.2) is 46.3 Å². The van der Waals surface area contributed by atoms with Crippen molar-refractivity contribution < 1.29 is 39.0 Å². The normalized spacial score (nSPS) is 8.21. The Labute approximate surface area is 144 Å². The third kappa shape index (κ3) is 72.8. The topological polar surface area (TPSA) is 143 Å². The summed E-state index contributed by atoms with van der Waals surface area (Å²) in [5, 5.41) is 15.7. The fraction of sp³-hybridized carbons (Fsp3) is 0.688. The Bertz CT molecular complexity index is 344. The summed E-state index contributed by atoms with van der Waals surface area (Å²) in [5.41, 5.74) is 0. The zero-order valence-electron chi connectivity index (χ0n) is 13.3. The molecule has 0 aromatic heterocycles. The third-order valence-electron chi connectivity index (χ3n) is 1.83. The van der Waals surface area contributed by atoms with Gasteiger partial charge >= 0.3 is 6.15 Å². The quantitative estimate of drug-likeness (QED) is 0.546. The molecule has 0 saturated heterocycles.